The molecule has 2 aromatic carbocycles. The average molecular weight is 361 g/mol. The molecule has 0 radical (unpaired) electrons. The van der Waals surface area contributed by atoms with Crippen LogP contribution in [-0.2, 0) is 6.42 Å². The van der Waals surface area contributed by atoms with E-state index in [0.29, 0.717) is 10.6 Å². The van der Waals surface area contributed by atoms with E-state index in [2.05, 4.69) is 47.6 Å². The van der Waals surface area contributed by atoms with E-state index in [1.807, 2.05) is 29.6 Å². The predicted molar refractivity (Wildman–Crippen MR) is 107 cm³/mol. The highest BCUT2D eigenvalue weighted by atomic mass is 32.1. The number of aromatic nitrogens is 1. The Hall–Kier alpha value is -3.10. The van der Waals surface area contributed by atoms with Gasteiger partial charge in [-0.15, -0.1) is 11.3 Å². The van der Waals surface area contributed by atoms with Crippen LogP contribution >= 0.6 is 11.3 Å². The van der Waals surface area contributed by atoms with Crippen molar-refractivity contribution < 1.29 is 4.74 Å². The zero-order valence-electron chi connectivity index (χ0n) is 14.7. The summed E-state index contributed by atoms with van der Waals surface area (Å²) in [5.74, 6) is 0.758. The number of nitriles is 1. The first-order chi connectivity index (χ1) is 12.7. The quantitative estimate of drug-likeness (QED) is 0.601. The third-order valence-corrected chi connectivity index (χ3v) is 4.84. The van der Waals surface area contributed by atoms with Crippen molar-refractivity contribution in [3.63, 3.8) is 0 Å². The van der Waals surface area contributed by atoms with E-state index in [9.17, 15) is 5.26 Å². The van der Waals surface area contributed by atoms with Gasteiger partial charge in [-0.05, 0) is 24.1 Å². The van der Waals surface area contributed by atoms with Gasteiger partial charge in [-0.2, -0.15) is 5.26 Å². The van der Waals surface area contributed by atoms with E-state index in [1.165, 1.54) is 16.9 Å². The van der Waals surface area contributed by atoms with E-state index >= 15 is 0 Å². The lowest BCUT2D eigenvalue weighted by atomic mass is 10.1. The molecule has 0 fully saturated rings. The largest absolute Gasteiger partial charge is 0.497 e. The summed E-state index contributed by atoms with van der Waals surface area (Å²) in [6.07, 6.45) is 2.69. The molecule has 130 valence electrons. The molecular weight excluding hydrogens is 342 g/mol. The molecule has 0 saturated heterocycles. The van der Waals surface area contributed by atoms with E-state index in [0.717, 1.165) is 29.1 Å². The zero-order valence-corrected chi connectivity index (χ0v) is 15.5. The Balaban J connectivity index is 1.80. The number of hydrogen-bond acceptors (Lipinski definition) is 5. The minimum atomic E-state index is 0.495. The molecule has 0 atom stereocenters. The Labute approximate surface area is 157 Å². The number of thiazole rings is 1. The topological polar surface area (TPSA) is 57.9 Å². The lowest BCUT2D eigenvalue weighted by Crippen LogP contribution is -1.92. The third-order valence-electron chi connectivity index (χ3n) is 3.97. The Morgan fingerprint density at radius 1 is 1.27 bits per heavy atom. The maximum Gasteiger partial charge on any atom is 0.136 e. The Morgan fingerprint density at radius 2 is 2.08 bits per heavy atom. The van der Waals surface area contributed by atoms with Gasteiger partial charge in [-0.25, -0.2) is 4.98 Å². The molecule has 0 saturated carbocycles. The van der Waals surface area contributed by atoms with Crippen LogP contribution in [0.25, 0.3) is 16.8 Å². The summed E-state index contributed by atoms with van der Waals surface area (Å²) >= 11 is 1.46. The minimum absolute atomic E-state index is 0.495. The fourth-order valence-corrected chi connectivity index (χ4v) is 3.25. The van der Waals surface area contributed by atoms with Crippen molar-refractivity contribution in [3.05, 3.63) is 70.7 Å². The molecule has 3 rings (SSSR count). The maximum absolute atomic E-state index is 9.49. The van der Waals surface area contributed by atoms with Gasteiger partial charge in [-0.3, -0.25) is 0 Å². The molecule has 1 heterocycles. The Kier molecular flexibility index (Phi) is 5.67. The van der Waals surface area contributed by atoms with E-state index in [4.69, 9.17) is 4.74 Å². The van der Waals surface area contributed by atoms with Crippen LogP contribution in [0, 0.1) is 11.3 Å². The zero-order chi connectivity index (χ0) is 18.4. The van der Waals surface area contributed by atoms with Crippen molar-refractivity contribution in [3.8, 4) is 23.1 Å². The number of hydrogen-bond donors (Lipinski definition) is 1. The number of nitrogens with one attached hydrogen (secondary N) is 1. The van der Waals surface area contributed by atoms with Gasteiger partial charge in [0.2, 0.25) is 0 Å². The summed E-state index contributed by atoms with van der Waals surface area (Å²) < 4.78 is 5.21. The van der Waals surface area contributed by atoms with Crippen molar-refractivity contribution in [1.29, 1.82) is 5.26 Å². The molecule has 0 amide bonds. The van der Waals surface area contributed by atoms with Gasteiger partial charge in [0.05, 0.1) is 12.8 Å². The van der Waals surface area contributed by atoms with Crippen molar-refractivity contribution in [2.24, 2.45) is 0 Å². The second kappa shape index (κ2) is 8.32. The SMILES string of the molecule is CCc1ccc(-c2csc(/C(C#N)=C/Nc3cccc(OC)c3)n2)cc1. The molecule has 0 bridgehead atoms. The summed E-state index contributed by atoms with van der Waals surface area (Å²) in [4.78, 5) is 4.62. The second-order valence-corrected chi connectivity index (χ2v) is 6.49. The van der Waals surface area contributed by atoms with Crippen LogP contribution in [0.5, 0.6) is 5.75 Å². The van der Waals surface area contributed by atoms with Crippen LogP contribution in [0.4, 0.5) is 5.69 Å². The Bertz CT molecular complexity index is 952. The number of allylic oxidation sites excluding steroid dienone is 1. The van der Waals surface area contributed by atoms with Gasteiger partial charge in [0.1, 0.15) is 22.4 Å². The van der Waals surface area contributed by atoms with Crippen LogP contribution in [0.1, 0.15) is 17.5 Å². The number of benzene rings is 2. The molecule has 0 spiro atoms. The lowest BCUT2D eigenvalue weighted by molar-refractivity contribution is 0.415. The standard InChI is InChI=1S/C21H19N3OS/c1-3-15-7-9-16(10-8-15)20-14-26-21(24-20)17(12-22)13-23-18-5-4-6-19(11-18)25-2/h4-11,13-14,23H,3H2,1-2H3/b17-13+. The van der Waals surface area contributed by atoms with E-state index in [1.54, 1.807) is 13.3 Å². The molecule has 1 N–H and O–H groups in total. The molecule has 1 aromatic heterocycles. The number of aryl methyl sites for hydroxylation is 1. The third kappa shape index (κ3) is 4.11. The molecule has 0 aliphatic heterocycles. The van der Waals surface area contributed by atoms with Gasteiger partial charge in [0.15, 0.2) is 0 Å². The van der Waals surface area contributed by atoms with Crippen LogP contribution in [0.15, 0.2) is 60.1 Å². The van der Waals surface area contributed by atoms with Gasteiger partial charge in [-0.1, -0.05) is 37.3 Å². The summed E-state index contributed by atoms with van der Waals surface area (Å²) in [5, 5.41) is 15.3. The number of anilines is 1. The van der Waals surface area contributed by atoms with Crippen molar-refractivity contribution in [2.75, 3.05) is 12.4 Å². The molecule has 5 heteroatoms. The lowest BCUT2D eigenvalue weighted by Gasteiger charge is -2.04. The van der Waals surface area contributed by atoms with Gasteiger partial charge >= 0.3 is 0 Å². The molecule has 0 aliphatic rings. The molecule has 3 aromatic rings. The van der Waals surface area contributed by atoms with E-state index in [-0.39, 0.29) is 0 Å². The van der Waals surface area contributed by atoms with Crippen molar-refractivity contribution in [2.45, 2.75) is 13.3 Å². The highest BCUT2D eigenvalue weighted by Crippen LogP contribution is 2.26. The number of ether oxygens (including phenoxy) is 1. The highest BCUT2D eigenvalue weighted by molar-refractivity contribution is 7.11. The monoisotopic (exact) mass is 361 g/mol. The fourth-order valence-electron chi connectivity index (χ4n) is 2.45. The number of rotatable bonds is 6. The van der Waals surface area contributed by atoms with Gasteiger partial charge in [0, 0.05) is 28.9 Å². The van der Waals surface area contributed by atoms with Gasteiger partial charge < -0.3 is 10.1 Å². The first kappa shape index (κ1) is 17.7. The fraction of sp³-hybridized carbons (Fsp3) is 0.143. The summed E-state index contributed by atoms with van der Waals surface area (Å²) in [7, 11) is 1.62. The number of nitrogens with zero attached hydrogens (tertiary/aromatic N) is 2. The molecule has 26 heavy (non-hydrogen) atoms. The smallest absolute Gasteiger partial charge is 0.136 e. The molecule has 4 nitrogen and oxygen atoms in total. The van der Waals surface area contributed by atoms with E-state index < -0.39 is 0 Å². The predicted octanol–water partition coefficient (Wildman–Crippen LogP) is 5.36. The second-order valence-electron chi connectivity index (χ2n) is 5.63. The minimum Gasteiger partial charge on any atom is -0.497 e. The Morgan fingerprint density at radius 3 is 2.77 bits per heavy atom. The average Bonchev–Trinajstić information content (AvgIpc) is 3.19. The van der Waals surface area contributed by atoms with Crippen molar-refractivity contribution >= 4 is 22.6 Å². The summed E-state index contributed by atoms with van der Waals surface area (Å²) in [6, 6.07) is 18.1. The summed E-state index contributed by atoms with van der Waals surface area (Å²) in [6.45, 7) is 2.13. The molecule has 0 unspecified atom stereocenters. The van der Waals surface area contributed by atoms with Crippen LogP contribution in [0.2, 0.25) is 0 Å². The van der Waals surface area contributed by atoms with Crippen LogP contribution < -0.4 is 10.1 Å². The van der Waals surface area contributed by atoms with Crippen molar-refractivity contribution in [1.82, 2.24) is 4.98 Å². The molecule has 0 aliphatic carbocycles. The first-order valence-corrected chi connectivity index (χ1v) is 9.17. The highest BCUT2D eigenvalue weighted by Gasteiger charge is 2.09. The van der Waals surface area contributed by atoms with Crippen LogP contribution in [0.3, 0.4) is 0 Å². The summed E-state index contributed by atoms with van der Waals surface area (Å²) in [5.41, 5.74) is 4.58. The first-order valence-electron chi connectivity index (χ1n) is 8.29. The maximum atomic E-state index is 9.49. The normalized spacial score (nSPS) is 11.0. The number of methoxy groups -OCH3 is 1. The molecular formula is C21H19N3OS. The van der Waals surface area contributed by atoms with Gasteiger partial charge in [0.25, 0.3) is 0 Å². The van der Waals surface area contributed by atoms with Crippen LogP contribution in [-0.4, -0.2) is 12.1 Å².